The summed E-state index contributed by atoms with van der Waals surface area (Å²) in [7, 11) is 0. The summed E-state index contributed by atoms with van der Waals surface area (Å²) in [6, 6.07) is 0. The number of hydrogen-bond donors (Lipinski definition) is 0. The molecule has 0 bridgehead atoms. The van der Waals surface area contributed by atoms with Crippen LogP contribution in [0.3, 0.4) is 0 Å². The second-order valence-electron chi connectivity index (χ2n) is 6.19. The van der Waals surface area contributed by atoms with Crippen molar-refractivity contribution in [3.8, 4) is 0 Å². The molecular weight excluding hydrogens is 260 g/mol. The van der Waals surface area contributed by atoms with Gasteiger partial charge in [-0.3, -0.25) is 0 Å². The summed E-state index contributed by atoms with van der Waals surface area (Å²) in [5.74, 6) is 2.07. The summed E-state index contributed by atoms with van der Waals surface area (Å²) in [4.78, 5) is 0. The van der Waals surface area contributed by atoms with Gasteiger partial charge in [0.05, 0.1) is 0 Å². The van der Waals surface area contributed by atoms with E-state index in [4.69, 9.17) is 0 Å². The van der Waals surface area contributed by atoms with Crippen molar-refractivity contribution >= 4 is 0 Å². The van der Waals surface area contributed by atoms with E-state index in [1.807, 2.05) is 13.8 Å². The number of hydrogen-bond acceptors (Lipinski definition) is 0. The standard InChI is InChI=1S/2C7H14.C3H8.C2H6.2H2O/c2*1-7-5-3-2-4-6-7;1-3-2;1-2;;/h2*7H,2-6H2,1H3;3H2,1-2H3;1-2H3;2*1H2. The van der Waals surface area contributed by atoms with Crippen molar-refractivity contribution in [3.05, 3.63) is 0 Å². The van der Waals surface area contributed by atoms with Crippen molar-refractivity contribution in [2.75, 3.05) is 0 Å². The second kappa shape index (κ2) is 24.9. The maximum Gasteiger partial charge on any atom is -0.0443 e. The summed E-state index contributed by atoms with van der Waals surface area (Å²) in [6.07, 6.45) is 16.1. The number of rotatable bonds is 0. The zero-order valence-corrected chi connectivity index (χ0v) is 15.9. The molecular formula is C19H46O2. The van der Waals surface area contributed by atoms with Crippen LogP contribution < -0.4 is 0 Å². The van der Waals surface area contributed by atoms with Crippen LogP contribution in [0.2, 0.25) is 0 Å². The molecule has 134 valence electrons. The van der Waals surface area contributed by atoms with Crippen LogP contribution in [-0.4, -0.2) is 11.0 Å². The van der Waals surface area contributed by atoms with Crippen molar-refractivity contribution in [1.29, 1.82) is 0 Å². The third kappa shape index (κ3) is 25.2. The van der Waals surface area contributed by atoms with Gasteiger partial charge >= 0.3 is 0 Å². The molecule has 0 aliphatic heterocycles. The molecule has 2 saturated carbocycles. The Morgan fingerprint density at radius 2 is 0.762 bits per heavy atom. The van der Waals surface area contributed by atoms with Gasteiger partial charge in [-0.1, -0.05) is 112 Å². The van der Waals surface area contributed by atoms with Gasteiger partial charge < -0.3 is 11.0 Å². The van der Waals surface area contributed by atoms with Gasteiger partial charge in [-0.2, -0.15) is 0 Å². The van der Waals surface area contributed by atoms with E-state index in [0.717, 1.165) is 11.8 Å². The third-order valence-corrected chi connectivity index (χ3v) is 3.79. The van der Waals surface area contributed by atoms with Crippen LogP contribution in [0.1, 0.15) is 112 Å². The molecule has 2 rings (SSSR count). The van der Waals surface area contributed by atoms with Gasteiger partial charge in [0, 0.05) is 0 Å². The largest absolute Gasteiger partial charge is 0.412 e. The van der Waals surface area contributed by atoms with Crippen LogP contribution in [0.15, 0.2) is 0 Å². The Balaban J connectivity index is -0.0000000989. The molecule has 0 aromatic heterocycles. The topological polar surface area (TPSA) is 63.0 Å². The maximum atomic E-state index is 2.36. The highest BCUT2D eigenvalue weighted by Gasteiger charge is 2.06. The summed E-state index contributed by atoms with van der Waals surface area (Å²) < 4.78 is 0. The molecule has 0 spiro atoms. The van der Waals surface area contributed by atoms with Crippen LogP contribution in [0.25, 0.3) is 0 Å². The lowest BCUT2D eigenvalue weighted by Gasteiger charge is -2.15. The summed E-state index contributed by atoms with van der Waals surface area (Å²) >= 11 is 0. The summed E-state index contributed by atoms with van der Waals surface area (Å²) in [5.41, 5.74) is 0. The van der Waals surface area contributed by atoms with Gasteiger partial charge in [-0.25, -0.2) is 0 Å². The normalized spacial score (nSPS) is 18.0. The molecule has 4 N–H and O–H groups in total. The molecule has 2 fully saturated rings. The average molecular weight is 307 g/mol. The maximum absolute atomic E-state index is 2.36. The molecule has 2 heteroatoms. The lowest BCUT2D eigenvalue weighted by molar-refractivity contribution is 0.385. The van der Waals surface area contributed by atoms with Gasteiger partial charge in [-0.15, -0.1) is 0 Å². The molecule has 0 unspecified atom stereocenters. The smallest absolute Gasteiger partial charge is 0.0443 e. The lowest BCUT2D eigenvalue weighted by atomic mass is 9.91. The first-order valence-electron chi connectivity index (χ1n) is 9.20. The fourth-order valence-corrected chi connectivity index (χ4v) is 2.61. The van der Waals surface area contributed by atoms with E-state index in [1.54, 1.807) is 0 Å². The van der Waals surface area contributed by atoms with Crippen LogP contribution in [0.5, 0.6) is 0 Å². The first-order valence-corrected chi connectivity index (χ1v) is 9.20. The van der Waals surface area contributed by atoms with Gasteiger partial charge in [0.25, 0.3) is 0 Å². The van der Waals surface area contributed by atoms with Crippen molar-refractivity contribution in [1.82, 2.24) is 0 Å². The van der Waals surface area contributed by atoms with Crippen LogP contribution in [-0.2, 0) is 0 Å². The Morgan fingerprint density at radius 1 is 0.571 bits per heavy atom. The van der Waals surface area contributed by atoms with Gasteiger partial charge in [-0.05, 0) is 11.8 Å². The third-order valence-electron chi connectivity index (χ3n) is 3.79. The minimum absolute atomic E-state index is 0. The fraction of sp³-hybridized carbons (Fsp3) is 1.00. The van der Waals surface area contributed by atoms with E-state index in [0.29, 0.717) is 0 Å². The van der Waals surface area contributed by atoms with E-state index in [2.05, 4.69) is 27.7 Å². The van der Waals surface area contributed by atoms with Gasteiger partial charge in [0.15, 0.2) is 0 Å². The molecule has 21 heavy (non-hydrogen) atoms. The predicted octanol–water partition coefficient (Wildman–Crippen LogP) is 5.97. The Labute approximate surface area is 135 Å². The molecule has 0 heterocycles. The zero-order chi connectivity index (χ0) is 14.9. The first kappa shape index (κ1) is 29.0. The average Bonchev–Trinajstić information content (AvgIpc) is 2.44. The van der Waals surface area contributed by atoms with Crippen LogP contribution in [0, 0.1) is 11.8 Å². The Hall–Kier alpha value is -0.0800. The summed E-state index contributed by atoms with van der Waals surface area (Å²) in [6.45, 7) is 13.0. The van der Waals surface area contributed by atoms with E-state index in [-0.39, 0.29) is 11.0 Å². The lowest BCUT2D eigenvalue weighted by Crippen LogP contribution is -1.99. The Kier molecular flexibility index (Phi) is 34.4. The van der Waals surface area contributed by atoms with Gasteiger partial charge in [0.1, 0.15) is 0 Å². The molecule has 0 atom stereocenters. The molecule has 0 aromatic rings. The Bertz CT molecular complexity index is 121. The predicted molar refractivity (Wildman–Crippen MR) is 99.0 cm³/mol. The molecule has 2 aliphatic carbocycles. The van der Waals surface area contributed by atoms with Crippen molar-refractivity contribution < 1.29 is 11.0 Å². The van der Waals surface area contributed by atoms with E-state index < -0.39 is 0 Å². The summed E-state index contributed by atoms with van der Waals surface area (Å²) in [5, 5.41) is 0. The molecule has 0 aromatic carbocycles. The molecule has 2 nitrogen and oxygen atoms in total. The van der Waals surface area contributed by atoms with Crippen LogP contribution >= 0.6 is 0 Å². The van der Waals surface area contributed by atoms with Crippen molar-refractivity contribution in [3.63, 3.8) is 0 Å². The van der Waals surface area contributed by atoms with Crippen LogP contribution in [0.4, 0.5) is 0 Å². The monoisotopic (exact) mass is 306 g/mol. The van der Waals surface area contributed by atoms with Gasteiger partial charge in [0.2, 0.25) is 0 Å². The molecule has 0 radical (unpaired) electrons. The molecule has 0 saturated heterocycles. The highest BCUT2D eigenvalue weighted by Crippen LogP contribution is 2.22. The first-order chi connectivity index (χ1) is 9.20. The highest BCUT2D eigenvalue weighted by molar-refractivity contribution is 4.60. The molecule has 0 amide bonds. The SMILES string of the molecule is CC.CC1CCCCC1.CC1CCCCC1.CCC.O.O. The minimum Gasteiger partial charge on any atom is -0.412 e. The second-order valence-corrected chi connectivity index (χ2v) is 6.19. The van der Waals surface area contributed by atoms with E-state index in [9.17, 15) is 0 Å². The van der Waals surface area contributed by atoms with E-state index in [1.165, 1.54) is 70.6 Å². The quantitative estimate of drug-likeness (QED) is 0.529. The zero-order valence-electron chi connectivity index (χ0n) is 15.9. The van der Waals surface area contributed by atoms with E-state index >= 15 is 0 Å². The van der Waals surface area contributed by atoms with Crippen molar-refractivity contribution in [2.45, 2.75) is 112 Å². The highest BCUT2D eigenvalue weighted by atomic mass is 16.0. The minimum atomic E-state index is 0. The van der Waals surface area contributed by atoms with Crippen molar-refractivity contribution in [2.24, 2.45) is 11.8 Å². The Morgan fingerprint density at radius 3 is 0.857 bits per heavy atom. The fourth-order valence-electron chi connectivity index (χ4n) is 2.61. The molecule has 2 aliphatic rings.